The maximum absolute atomic E-state index is 12.8. The number of benzene rings is 2. The maximum Gasteiger partial charge on any atom is 0.326 e. The SMILES string of the molecule is CCOC(=O)C[C@H](C)[C@@H](NC(=O)[C@H](O)[C@@H](NC(=O)c1ccccc1)c1ccccc1)C(=O)O. The lowest BCUT2D eigenvalue weighted by atomic mass is 9.96. The molecule has 2 aromatic rings. The fourth-order valence-corrected chi connectivity index (χ4v) is 3.26. The van der Waals surface area contributed by atoms with E-state index in [9.17, 15) is 29.4 Å². The Morgan fingerprint density at radius 3 is 2.06 bits per heavy atom. The van der Waals surface area contributed by atoms with Crippen LogP contribution in [0.5, 0.6) is 0 Å². The van der Waals surface area contributed by atoms with E-state index >= 15 is 0 Å². The van der Waals surface area contributed by atoms with Crippen molar-refractivity contribution in [3.05, 3.63) is 71.8 Å². The van der Waals surface area contributed by atoms with E-state index < -0.39 is 47.9 Å². The molecule has 33 heavy (non-hydrogen) atoms. The Kier molecular flexibility index (Phi) is 9.56. The lowest BCUT2D eigenvalue weighted by molar-refractivity contribution is -0.148. The van der Waals surface area contributed by atoms with Gasteiger partial charge in [0.15, 0.2) is 6.10 Å². The third-order valence-corrected chi connectivity index (χ3v) is 4.99. The van der Waals surface area contributed by atoms with Crippen LogP contribution >= 0.6 is 0 Å². The van der Waals surface area contributed by atoms with E-state index in [2.05, 4.69) is 10.6 Å². The molecule has 2 amide bonds. The number of aliphatic hydroxyl groups is 1. The smallest absolute Gasteiger partial charge is 0.326 e. The largest absolute Gasteiger partial charge is 0.480 e. The molecule has 0 unspecified atom stereocenters. The summed E-state index contributed by atoms with van der Waals surface area (Å²) in [6.45, 7) is 3.26. The lowest BCUT2D eigenvalue weighted by Gasteiger charge is -2.27. The van der Waals surface area contributed by atoms with Gasteiger partial charge in [0.1, 0.15) is 6.04 Å². The van der Waals surface area contributed by atoms with Gasteiger partial charge in [-0.05, 0) is 30.5 Å². The molecule has 0 radical (unpaired) electrons. The number of ether oxygens (including phenoxy) is 1. The molecule has 0 saturated carbocycles. The third kappa shape index (κ3) is 7.43. The average Bonchev–Trinajstić information content (AvgIpc) is 2.81. The highest BCUT2D eigenvalue weighted by molar-refractivity contribution is 5.95. The first-order chi connectivity index (χ1) is 15.7. The van der Waals surface area contributed by atoms with Gasteiger partial charge in [0.2, 0.25) is 0 Å². The molecule has 4 atom stereocenters. The second-order valence-corrected chi connectivity index (χ2v) is 7.48. The van der Waals surface area contributed by atoms with E-state index in [0.29, 0.717) is 11.1 Å². The molecule has 2 aromatic carbocycles. The Hall–Kier alpha value is -3.72. The predicted molar refractivity (Wildman–Crippen MR) is 119 cm³/mol. The number of aliphatic hydroxyl groups excluding tert-OH is 1. The molecule has 0 heterocycles. The van der Waals surface area contributed by atoms with E-state index in [0.717, 1.165) is 0 Å². The summed E-state index contributed by atoms with van der Waals surface area (Å²) in [5.74, 6) is -4.27. The lowest BCUT2D eigenvalue weighted by Crippen LogP contribution is -2.52. The Labute approximate surface area is 191 Å². The Balaban J connectivity index is 2.20. The van der Waals surface area contributed by atoms with Crippen molar-refractivity contribution in [1.82, 2.24) is 10.6 Å². The van der Waals surface area contributed by atoms with Gasteiger partial charge in [0.05, 0.1) is 19.1 Å². The number of nitrogens with one attached hydrogen (secondary N) is 2. The fraction of sp³-hybridized carbons (Fsp3) is 0.333. The zero-order valence-corrected chi connectivity index (χ0v) is 18.4. The molecule has 0 aromatic heterocycles. The summed E-state index contributed by atoms with van der Waals surface area (Å²) in [6, 6.07) is 14.0. The number of carbonyl (C=O) groups excluding carboxylic acids is 3. The number of carboxylic acids is 1. The van der Waals surface area contributed by atoms with Gasteiger partial charge in [-0.25, -0.2) is 4.79 Å². The van der Waals surface area contributed by atoms with Gasteiger partial charge < -0.3 is 25.6 Å². The molecule has 2 rings (SSSR count). The Morgan fingerprint density at radius 1 is 0.939 bits per heavy atom. The average molecular weight is 456 g/mol. The maximum atomic E-state index is 12.8. The minimum atomic E-state index is -1.79. The number of hydrogen-bond acceptors (Lipinski definition) is 6. The van der Waals surface area contributed by atoms with Crippen LogP contribution < -0.4 is 10.6 Å². The van der Waals surface area contributed by atoms with Crippen molar-refractivity contribution in [3.8, 4) is 0 Å². The van der Waals surface area contributed by atoms with E-state index in [4.69, 9.17) is 4.74 Å². The van der Waals surface area contributed by atoms with Crippen molar-refractivity contribution in [1.29, 1.82) is 0 Å². The summed E-state index contributed by atoms with van der Waals surface area (Å²) in [6.07, 6.45) is -2.02. The second kappa shape index (κ2) is 12.4. The molecule has 176 valence electrons. The summed E-state index contributed by atoms with van der Waals surface area (Å²) in [5, 5.41) is 25.3. The first-order valence-corrected chi connectivity index (χ1v) is 10.5. The first kappa shape index (κ1) is 25.5. The molecule has 0 aliphatic carbocycles. The molecule has 9 heteroatoms. The monoisotopic (exact) mass is 456 g/mol. The van der Waals surface area contributed by atoms with Crippen LogP contribution in [0, 0.1) is 5.92 Å². The Bertz CT molecular complexity index is 950. The highest BCUT2D eigenvalue weighted by Crippen LogP contribution is 2.19. The van der Waals surface area contributed by atoms with Crippen LogP contribution in [0.25, 0.3) is 0 Å². The molecule has 0 saturated heterocycles. The number of carbonyl (C=O) groups is 4. The molecule has 0 bridgehead atoms. The molecule has 0 aliphatic rings. The minimum Gasteiger partial charge on any atom is -0.480 e. The molecule has 4 N–H and O–H groups in total. The van der Waals surface area contributed by atoms with Crippen molar-refractivity contribution in [3.63, 3.8) is 0 Å². The normalized spacial score (nSPS) is 14.3. The summed E-state index contributed by atoms with van der Waals surface area (Å²) >= 11 is 0. The van der Waals surface area contributed by atoms with Crippen molar-refractivity contribution >= 4 is 23.8 Å². The number of carboxylic acid groups (broad SMARTS) is 1. The molecule has 0 fully saturated rings. The van der Waals surface area contributed by atoms with E-state index in [-0.39, 0.29) is 13.0 Å². The van der Waals surface area contributed by atoms with E-state index in [1.165, 1.54) is 6.92 Å². The number of hydrogen-bond donors (Lipinski definition) is 4. The molecular weight excluding hydrogens is 428 g/mol. The van der Waals surface area contributed by atoms with Gasteiger partial charge in [-0.15, -0.1) is 0 Å². The van der Waals surface area contributed by atoms with Gasteiger partial charge in [0, 0.05) is 5.56 Å². The van der Waals surface area contributed by atoms with Crippen molar-refractivity contribution in [2.75, 3.05) is 6.61 Å². The number of amides is 2. The molecular formula is C24H28N2O7. The van der Waals surface area contributed by atoms with Crippen LogP contribution in [0.3, 0.4) is 0 Å². The van der Waals surface area contributed by atoms with Crippen LogP contribution in [0.2, 0.25) is 0 Å². The highest BCUT2D eigenvalue weighted by Gasteiger charge is 2.34. The molecule has 0 spiro atoms. The number of esters is 1. The zero-order chi connectivity index (χ0) is 24.4. The van der Waals surface area contributed by atoms with Gasteiger partial charge in [-0.3, -0.25) is 14.4 Å². The van der Waals surface area contributed by atoms with Crippen molar-refractivity contribution < 1.29 is 34.1 Å². The summed E-state index contributed by atoms with van der Waals surface area (Å²) in [5.41, 5.74) is 0.786. The van der Waals surface area contributed by atoms with E-state index in [1.54, 1.807) is 67.6 Å². The second-order valence-electron chi connectivity index (χ2n) is 7.48. The summed E-state index contributed by atoms with van der Waals surface area (Å²) < 4.78 is 4.84. The fourth-order valence-electron chi connectivity index (χ4n) is 3.26. The summed E-state index contributed by atoms with van der Waals surface area (Å²) in [7, 11) is 0. The van der Waals surface area contributed by atoms with Crippen LogP contribution in [0.15, 0.2) is 60.7 Å². The van der Waals surface area contributed by atoms with Crippen LogP contribution in [0.4, 0.5) is 0 Å². The first-order valence-electron chi connectivity index (χ1n) is 10.5. The summed E-state index contributed by atoms with van der Waals surface area (Å²) in [4.78, 5) is 48.9. The topological polar surface area (TPSA) is 142 Å². The molecule has 9 nitrogen and oxygen atoms in total. The van der Waals surface area contributed by atoms with Crippen molar-refractivity contribution in [2.24, 2.45) is 5.92 Å². The van der Waals surface area contributed by atoms with Crippen LogP contribution in [-0.2, 0) is 19.1 Å². The number of aliphatic carboxylic acids is 1. The van der Waals surface area contributed by atoms with Crippen molar-refractivity contribution in [2.45, 2.75) is 38.5 Å². The van der Waals surface area contributed by atoms with E-state index in [1.807, 2.05) is 0 Å². The van der Waals surface area contributed by atoms with Crippen LogP contribution in [-0.4, -0.2) is 52.7 Å². The number of rotatable bonds is 11. The Morgan fingerprint density at radius 2 is 1.52 bits per heavy atom. The predicted octanol–water partition coefficient (Wildman–Crippen LogP) is 1.68. The van der Waals surface area contributed by atoms with Gasteiger partial charge in [0.25, 0.3) is 11.8 Å². The van der Waals surface area contributed by atoms with Gasteiger partial charge >= 0.3 is 11.9 Å². The van der Waals surface area contributed by atoms with Gasteiger partial charge in [-0.1, -0.05) is 55.5 Å². The van der Waals surface area contributed by atoms with Crippen LogP contribution in [0.1, 0.15) is 42.2 Å². The minimum absolute atomic E-state index is 0.147. The van der Waals surface area contributed by atoms with Gasteiger partial charge in [-0.2, -0.15) is 0 Å². The third-order valence-electron chi connectivity index (χ3n) is 4.99. The standard InChI is InChI=1S/C24H28N2O7/c1-3-33-18(27)14-15(2)19(24(31)32)25-23(30)21(28)20(16-10-6-4-7-11-16)26-22(29)17-12-8-5-9-13-17/h4-13,15,19-21,28H,3,14H2,1-2H3,(H,25,30)(H,26,29)(H,31,32)/t15-,19+,20-,21+/m0/s1. The molecule has 0 aliphatic heterocycles. The zero-order valence-electron chi connectivity index (χ0n) is 18.4. The quantitative estimate of drug-likeness (QED) is 0.377. The highest BCUT2D eigenvalue weighted by atomic mass is 16.5.